The van der Waals surface area contributed by atoms with E-state index in [2.05, 4.69) is 9.97 Å². The summed E-state index contributed by atoms with van der Waals surface area (Å²) < 4.78 is 0. The van der Waals surface area contributed by atoms with Crippen LogP contribution in [0.1, 0.15) is 16.1 Å². The predicted octanol–water partition coefficient (Wildman–Crippen LogP) is 2.13. The molecule has 0 fully saturated rings. The Bertz CT molecular complexity index is 984. The van der Waals surface area contributed by atoms with Gasteiger partial charge in [-0.2, -0.15) is 0 Å². The molecular weight excluding hydrogens is 298 g/mol. The summed E-state index contributed by atoms with van der Waals surface area (Å²) in [5, 5.41) is 10.9. The molecule has 2 heterocycles. The monoisotopic (exact) mass is 307 g/mol. The van der Waals surface area contributed by atoms with E-state index in [1.165, 1.54) is 54.7 Å². The van der Waals surface area contributed by atoms with Crippen LogP contribution in [0.25, 0.3) is 11.0 Å². The Morgan fingerprint density at radius 3 is 2.48 bits per heavy atom. The van der Waals surface area contributed by atoms with Crippen LogP contribution in [0.5, 0.6) is 0 Å². The van der Waals surface area contributed by atoms with Crippen LogP contribution in [-0.2, 0) is 0 Å². The number of benzene rings is 1. The van der Waals surface area contributed by atoms with E-state index in [4.69, 9.17) is 0 Å². The molecule has 1 aromatic carbocycles. The van der Waals surface area contributed by atoms with Crippen molar-refractivity contribution in [2.45, 2.75) is 0 Å². The fourth-order valence-electron chi connectivity index (χ4n) is 2.08. The molecular formula is C16H9N3O4. The molecule has 0 amide bonds. The van der Waals surface area contributed by atoms with E-state index >= 15 is 0 Å². The lowest BCUT2D eigenvalue weighted by Crippen LogP contribution is -2.06. The fourth-order valence-corrected chi connectivity index (χ4v) is 2.08. The maximum absolute atomic E-state index is 12.4. The summed E-state index contributed by atoms with van der Waals surface area (Å²) in [6.45, 7) is 0. The number of rotatable bonds is 3. The fraction of sp³-hybridized carbons (Fsp3) is 0. The van der Waals surface area contributed by atoms with E-state index in [-0.39, 0.29) is 28.0 Å². The van der Waals surface area contributed by atoms with Gasteiger partial charge in [0, 0.05) is 23.9 Å². The Hall–Kier alpha value is -3.48. The number of nitrogens with zero attached hydrogens (tertiary/aromatic N) is 3. The summed E-state index contributed by atoms with van der Waals surface area (Å²) in [5.41, 5.74) is 0.222. The van der Waals surface area contributed by atoms with Gasteiger partial charge in [-0.05, 0) is 36.4 Å². The number of nitro benzene ring substituents is 1. The number of carbonyl (C=O) groups excluding carboxylic acids is 1. The predicted molar refractivity (Wildman–Crippen MR) is 82.3 cm³/mol. The van der Waals surface area contributed by atoms with Crippen LogP contribution in [0.2, 0.25) is 0 Å². The van der Waals surface area contributed by atoms with Gasteiger partial charge in [0.2, 0.25) is 5.78 Å². The van der Waals surface area contributed by atoms with Gasteiger partial charge in [0.15, 0.2) is 11.1 Å². The highest BCUT2D eigenvalue weighted by atomic mass is 16.6. The van der Waals surface area contributed by atoms with Gasteiger partial charge in [-0.25, -0.2) is 9.97 Å². The van der Waals surface area contributed by atoms with E-state index in [0.717, 1.165) is 0 Å². The smallest absolute Gasteiger partial charge is 0.269 e. The van der Waals surface area contributed by atoms with Gasteiger partial charge in [0.25, 0.3) is 5.69 Å². The van der Waals surface area contributed by atoms with E-state index in [0.29, 0.717) is 5.39 Å². The highest BCUT2D eigenvalue weighted by Crippen LogP contribution is 2.15. The average Bonchev–Trinajstić information content (AvgIpc) is 2.75. The van der Waals surface area contributed by atoms with Gasteiger partial charge < -0.3 is 0 Å². The Balaban J connectivity index is 2.04. The highest BCUT2D eigenvalue weighted by molar-refractivity contribution is 6.08. The van der Waals surface area contributed by atoms with E-state index in [9.17, 15) is 19.7 Å². The van der Waals surface area contributed by atoms with Crippen LogP contribution in [-0.4, -0.2) is 20.7 Å². The first-order chi connectivity index (χ1) is 11.1. The largest absolute Gasteiger partial charge is 0.289 e. The molecule has 0 radical (unpaired) electrons. The van der Waals surface area contributed by atoms with Crippen molar-refractivity contribution in [1.82, 2.24) is 9.97 Å². The Kier molecular flexibility index (Phi) is 3.60. The molecule has 0 saturated heterocycles. The summed E-state index contributed by atoms with van der Waals surface area (Å²) in [5.74, 6) is -0.400. The van der Waals surface area contributed by atoms with Gasteiger partial charge in [-0.3, -0.25) is 19.7 Å². The Morgan fingerprint density at radius 2 is 1.78 bits per heavy atom. The highest BCUT2D eigenvalue weighted by Gasteiger charge is 2.14. The lowest BCUT2D eigenvalue weighted by atomic mass is 10.1. The van der Waals surface area contributed by atoms with E-state index in [1.807, 2.05) is 0 Å². The molecule has 3 rings (SSSR count). The molecule has 0 saturated carbocycles. The molecule has 0 aliphatic carbocycles. The number of ketones is 1. The van der Waals surface area contributed by atoms with Crippen molar-refractivity contribution in [3.05, 3.63) is 86.3 Å². The summed E-state index contributed by atoms with van der Waals surface area (Å²) in [7, 11) is 0. The van der Waals surface area contributed by atoms with Crippen molar-refractivity contribution >= 4 is 22.5 Å². The molecule has 7 heteroatoms. The molecule has 112 valence electrons. The molecule has 3 aromatic rings. The number of non-ortho nitro benzene ring substituents is 1. The lowest BCUT2D eigenvalue weighted by Gasteiger charge is -2.01. The van der Waals surface area contributed by atoms with Crippen LogP contribution in [0, 0.1) is 10.1 Å². The zero-order valence-electron chi connectivity index (χ0n) is 11.7. The Morgan fingerprint density at radius 1 is 1.04 bits per heavy atom. The number of pyridine rings is 1. The van der Waals surface area contributed by atoms with Crippen molar-refractivity contribution in [2.24, 2.45) is 0 Å². The second-order valence-electron chi connectivity index (χ2n) is 4.70. The minimum Gasteiger partial charge on any atom is -0.289 e. The zero-order chi connectivity index (χ0) is 16.4. The summed E-state index contributed by atoms with van der Waals surface area (Å²) >= 11 is 0. The molecule has 0 aliphatic heterocycles. The first-order valence-electron chi connectivity index (χ1n) is 6.61. The van der Waals surface area contributed by atoms with Gasteiger partial charge >= 0.3 is 0 Å². The third kappa shape index (κ3) is 2.80. The number of hydrogen-bond acceptors (Lipinski definition) is 6. The molecule has 23 heavy (non-hydrogen) atoms. The molecule has 2 aromatic heterocycles. The second-order valence-corrected chi connectivity index (χ2v) is 4.70. The van der Waals surface area contributed by atoms with Crippen molar-refractivity contribution in [1.29, 1.82) is 0 Å². The maximum Gasteiger partial charge on any atom is 0.269 e. The van der Waals surface area contributed by atoms with Crippen molar-refractivity contribution < 1.29 is 9.72 Å². The average molecular weight is 307 g/mol. The van der Waals surface area contributed by atoms with Crippen LogP contribution in [0.4, 0.5) is 5.69 Å². The third-order valence-electron chi connectivity index (χ3n) is 3.24. The Labute approximate surface area is 129 Å². The molecule has 0 aliphatic rings. The zero-order valence-corrected chi connectivity index (χ0v) is 11.7. The standard InChI is InChI=1S/C16H9N3O4/c20-14-2-1-9-17-16-12(14)7-8-13(18-16)15(21)10-3-5-11(6-4-10)19(22)23/h1-9H. The topological polar surface area (TPSA) is 103 Å². The molecule has 7 nitrogen and oxygen atoms in total. The summed E-state index contributed by atoms with van der Waals surface area (Å²) in [4.78, 5) is 42.4. The summed E-state index contributed by atoms with van der Waals surface area (Å²) in [6.07, 6.45) is 1.43. The van der Waals surface area contributed by atoms with Crippen molar-refractivity contribution in [3.8, 4) is 0 Å². The van der Waals surface area contributed by atoms with Gasteiger partial charge in [0.05, 0.1) is 10.3 Å². The first kappa shape index (κ1) is 14.5. The molecule has 0 atom stereocenters. The number of hydrogen-bond donors (Lipinski definition) is 0. The maximum atomic E-state index is 12.4. The van der Waals surface area contributed by atoms with E-state index < -0.39 is 10.7 Å². The van der Waals surface area contributed by atoms with Crippen LogP contribution in [0.15, 0.2) is 59.5 Å². The third-order valence-corrected chi connectivity index (χ3v) is 3.24. The van der Waals surface area contributed by atoms with Crippen molar-refractivity contribution in [2.75, 3.05) is 0 Å². The molecule has 0 unspecified atom stereocenters. The second kappa shape index (κ2) is 5.72. The number of fused-ring (bicyclic) bond motifs is 1. The van der Waals surface area contributed by atoms with Gasteiger partial charge in [-0.15, -0.1) is 0 Å². The minimum atomic E-state index is -0.539. The lowest BCUT2D eigenvalue weighted by molar-refractivity contribution is -0.384. The quantitative estimate of drug-likeness (QED) is 0.417. The number of aromatic nitrogens is 2. The summed E-state index contributed by atoms with van der Waals surface area (Å²) in [6, 6.07) is 11.0. The SMILES string of the molecule is O=C(c1ccc([N+](=O)[O-])cc1)c1ccc2c(=O)cccnc2n1. The van der Waals surface area contributed by atoms with E-state index in [1.54, 1.807) is 0 Å². The molecule has 0 N–H and O–H groups in total. The molecule has 0 bridgehead atoms. The van der Waals surface area contributed by atoms with Gasteiger partial charge in [-0.1, -0.05) is 0 Å². The van der Waals surface area contributed by atoms with Crippen LogP contribution >= 0.6 is 0 Å². The minimum absolute atomic E-state index is 0.0993. The van der Waals surface area contributed by atoms with Crippen LogP contribution in [0.3, 0.4) is 0 Å². The molecule has 0 spiro atoms. The normalized spacial score (nSPS) is 10.4. The number of carbonyl (C=O) groups is 1. The van der Waals surface area contributed by atoms with Gasteiger partial charge in [0.1, 0.15) is 5.69 Å². The van der Waals surface area contributed by atoms with Crippen molar-refractivity contribution in [3.63, 3.8) is 0 Å². The first-order valence-corrected chi connectivity index (χ1v) is 6.61. The number of nitro groups is 1. The van der Waals surface area contributed by atoms with Crippen LogP contribution < -0.4 is 5.43 Å².